The van der Waals surface area contributed by atoms with Gasteiger partial charge < -0.3 is 14.2 Å². The minimum atomic E-state index is -0.495. The molecule has 0 bridgehead atoms. The first-order valence-corrected chi connectivity index (χ1v) is 11.2. The van der Waals surface area contributed by atoms with Crippen LogP contribution in [0.2, 0.25) is 0 Å². The molecule has 1 N–H and O–H groups in total. The Bertz CT molecular complexity index is 1170. The SMILES string of the molecule is Cc1cc(/C=C(/C#N)C(=O)Nc2nnc(N3CCOCC3)s2)c(C)n1Cc1ccccc1. The maximum Gasteiger partial charge on any atom is 0.268 e. The van der Waals surface area contributed by atoms with Gasteiger partial charge in [0.2, 0.25) is 10.3 Å². The van der Waals surface area contributed by atoms with Crippen LogP contribution in [-0.2, 0) is 16.1 Å². The van der Waals surface area contributed by atoms with Crippen molar-refractivity contribution in [2.24, 2.45) is 0 Å². The average molecular weight is 449 g/mol. The van der Waals surface area contributed by atoms with E-state index in [2.05, 4.69) is 37.1 Å². The van der Waals surface area contributed by atoms with Gasteiger partial charge in [-0.05, 0) is 37.1 Å². The zero-order valence-corrected chi connectivity index (χ0v) is 18.9. The molecule has 8 nitrogen and oxygen atoms in total. The molecule has 3 aromatic rings. The van der Waals surface area contributed by atoms with Gasteiger partial charge in [-0.25, -0.2) is 0 Å². The van der Waals surface area contributed by atoms with Crippen molar-refractivity contribution in [3.05, 3.63) is 64.5 Å². The number of morpholine rings is 1. The third-order valence-electron chi connectivity index (χ3n) is 5.38. The summed E-state index contributed by atoms with van der Waals surface area (Å²) < 4.78 is 7.52. The number of hydrogen-bond acceptors (Lipinski definition) is 7. The predicted molar refractivity (Wildman–Crippen MR) is 125 cm³/mol. The van der Waals surface area contributed by atoms with E-state index in [0.29, 0.717) is 18.3 Å². The number of carbonyl (C=O) groups excluding carboxylic acids is 1. The molecule has 1 aliphatic rings. The molecule has 2 aromatic heterocycles. The topological polar surface area (TPSA) is 96.1 Å². The molecule has 1 amide bonds. The van der Waals surface area contributed by atoms with Gasteiger partial charge in [-0.2, -0.15) is 5.26 Å². The first kappa shape index (κ1) is 21.7. The average Bonchev–Trinajstić information content (AvgIpc) is 3.38. The smallest absolute Gasteiger partial charge is 0.268 e. The summed E-state index contributed by atoms with van der Waals surface area (Å²) in [6, 6.07) is 14.2. The van der Waals surface area contributed by atoms with Gasteiger partial charge in [0.25, 0.3) is 5.91 Å². The van der Waals surface area contributed by atoms with Crippen LogP contribution in [0.25, 0.3) is 6.08 Å². The molecular formula is C23H24N6O2S. The predicted octanol–water partition coefficient (Wildman–Crippen LogP) is 3.39. The van der Waals surface area contributed by atoms with Crippen LogP contribution >= 0.6 is 11.3 Å². The van der Waals surface area contributed by atoms with E-state index in [1.807, 2.05) is 44.2 Å². The molecule has 3 heterocycles. The lowest BCUT2D eigenvalue weighted by Gasteiger charge is -2.25. The minimum absolute atomic E-state index is 0.0214. The first-order valence-electron chi connectivity index (χ1n) is 10.3. The fourth-order valence-electron chi connectivity index (χ4n) is 3.60. The van der Waals surface area contributed by atoms with Gasteiger partial charge in [-0.1, -0.05) is 41.7 Å². The standard InChI is InChI=1S/C23H24N6O2S/c1-16-12-19(17(2)29(16)15-18-6-4-3-5-7-18)13-20(14-24)21(30)25-22-26-27-23(32-22)28-8-10-31-11-9-28/h3-7,12-13H,8-11,15H2,1-2H3,(H,25,26,30)/b20-13-. The second kappa shape index (κ2) is 9.77. The van der Waals surface area contributed by atoms with E-state index >= 15 is 0 Å². The Hall–Kier alpha value is -3.48. The largest absolute Gasteiger partial charge is 0.378 e. The molecule has 1 aliphatic heterocycles. The molecule has 164 valence electrons. The van der Waals surface area contributed by atoms with Gasteiger partial charge in [-0.3, -0.25) is 10.1 Å². The molecule has 0 radical (unpaired) electrons. The van der Waals surface area contributed by atoms with Crippen LogP contribution < -0.4 is 10.2 Å². The number of hydrogen-bond donors (Lipinski definition) is 1. The third kappa shape index (κ3) is 4.88. The molecule has 0 saturated carbocycles. The second-order valence-corrected chi connectivity index (χ2v) is 8.47. The molecule has 9 heteroatoms. The summed E-state index contributed by atoms with van der Waals surface area (Å²) in [6.45, 7) is 7.52. The van der Waals surface area contributed by atoms with E-state index in [4.69, 9.17) is 4.74 Å². The second-order valence-electron chi connectivity index (χ2n) is 7.51. The lowest BCUT2D eigenvalue weighted by atomic mass is 10.1. The Labute approximate surface area is 190 Å². The highest BCUT2D eigenvalue weighted by Crippen LogP contribution is 2.25. The van der Waals surface area contributed by atoms with E-state index < -0.39 is 5.91 Å². The fraction of sp³-hybridized carbons (Fsp3) is 0.304. The van der Waals surface area contributed by atoms with E-state index in [1.54, 1.807) is 6.08 Å². The number of rotatable bonds is 6. The van der Waals surface area contributed by atoms with Crippen LogP contribution in [0.15, 0.2) is 42.0 Å². The van der Waals surface area contributed by atoms with Gasteiger partial charge >= 0.3 is 0 Å². The van der Waals surface area contributed by atoms with E-state index in [9.17, 15) is 10.1 Å². The maximum atomic E-state index is 12.7. The normalized spacial score (nSPS) is 14.3. The number of aryl methyl sites for hydroxylation is 1. The van der Waals surface area contributed by atoms with E-state index in [1.165, 1.54) is 16.9 Å². The number of nitrogens with zero attached hydrogens (tertiary/aromatic N) is 5. The Morgan fingerprint density at radius 2 is 2.00 bits per heavy atom. The Morgan fingerprint density at radius 3 is 2.72 bits per heavy atom. The molecule has 32 heavy (non-hydrogen) atoms. The number of benzene rings is 1. The van der Waals surface area contributed by atoms with Crippen LogP contribution in [0.1, 0.15) is 22.5 Å². The summed E-state index contributed by atoms with van der Waals surface area (Å²) in [5, 5.41) is 21.6. The van der Waals surface area contributed by atoms with E-state index in [-0.39, 0.29) is 5.57 Å². The third-order valence-corrected chi connectivity index (χ3v) is 6.28. The maximum absolute atomic E-state index is 12.7. The number of nitrogens with one attached hydrogen (secondary N) is 1. The summed E-state index contributed by atoms with van der Waals surface area (Å²) in [7, 11) is 0. The molecule has 0 aliphatic carbocycles. The van der Waals surface area contributed by atoms with Gasteiger partial charge in [0.05, 0.1) is 13.2 Å². The van der Waals surface area contributed by atoms with Gasteiger partial charge in [0.1, 0.15) is 11.6 Å². The van der Waals surface area contributed by atoms with Crippen LogP contribution in [0.4, 0.5) is 10.3 Å². The molecule has 1 saturated heterocycles. The summed E-state index contributed by atoms with van der Waals surface area (Å²) in [5.74, 6) is -0.495. The molecule has 0 spiro atoms. The molecule has 1 aromatic carbocycles. The summed E-state index contributed by atoms with van der Waals surface area (Å²) in [4.78, 5) is 14.8. The highest BCUT2D eigenvalue weighted by molar-refractivity contribution is 7.19. The summed E-state index contributed by atoms with van der Waals surface area (Å²) >= 11 is 1.29. The zero-order valence-electron chi connectivity index (χ0n) is 18.0. The van der Waals surface area contributed by atoms with Crippen LogP contribution in [-0.4, -0.2) is 47.0 Å². The monoisotopic (exact) mass is 448 g/mol. The van der Waals surface area contributed by atoms with Crippen molar-refractivity contribution in [3.8, 4) is 6.07 Å². The highest BCUT2D eigenvalue weighted by Gasteiger charge is 2.18. The van der Waals surface area contributed by atoms with Crippen molar-refractivity contribution in [1.82, 2.24) is 14.8 Å². The van der Waals surface area contributed by atoms with Crippen molar-refractivity contribution in [2.75, 3.05) is 36.5 Å². The van der Waals surface area contributed by atoms with Crippen LogP contribution in [0.3, 0.4) is 0 Å². The summed E-state index contributed by atoms with van der Waals surface area (Å²) in [5.41, 5.74) is 4.12. The highest BCUT2D eigenvalue weighted by atomic mass is 32.1. The Morgan fingerprint density at radius 1 is 1.25 bits per heavy atom. The number of carbonyl (C=O) groups is 1. The number of aromatic nitrogens is 3. The molecule has 1 fully saturated rings. The lowest BCUT2D eigenvalue weighted by Crippen LogP contribution is -2.36. The molecule has 4 rings (SSSR count). The first-order chi connectivity index (χ1) is 15.5. The van der Waals surface area contributed by atoms with Crippen molar-refractivity contribution >= 4 is 33.6 Å². The minimum Gasteiger partial charge on any atom is -0.378 e. The van der Waals surface area contributed by atoms with Crippen molar-refractivity contribution < 1.29 is 9.53 Å². The molecule has 0 unspecified atom stereocenters. The zero-order chi connectivity index (χ0) is 22.5. The fourth-order valence-corrected chi connectivity index (χ4v) is 4.39. The molecular weight excluding hydrogens is 424 g/mol. The van der Waals surface area contributed by atoms with Gasteiger partial charge in [-0.15, -0.1) is 10.2 Å². The van der Waals surface area contributed by atoms with Gasteiger partial charge in [0, 0.05) is 31.0 Å². The van der Waals surface area contributed by atoms with Gasteiger partial charge in [0.15, 0.2) is 0 Å². The number of ether oxygens (including phenoxy) is 1. The van der Waals surface area contributed by atoms with Crippen molar-refractivity contribution in [3.63, 3.8) is 0 Å². The van der Waals surface area contributed by atoms with Crippen LogP contribution in [0.5, 0.6) is 0 Å². The number of anilines is 2. The molecule has 0 atom stereocenters. The number of amides is 1. The number of nitriles is 1. The van der Waals surface area contributed by atoms with Crippen molar-refractivity contribution in [2.45, 2.75) is 20.4 Å². The quantitative estimate of drug-likeness (QED) is 0.459. The van der Waals surface area contributed by atoms with Crippen LogP contribution in [0, 0.1) is 25.2 Å². The van der Waals surface area contributed by atoms with Crippen molar-refractivity contribution in [1.29, 1.82) is 5.26 Å². The summed E-state index contributed by atoms with van der Waals surface area (Å²) in [6.07, 6.45) is 1.63. The Balaban J connectivity index is 1.49. The lowest BCUT2D eigenvalue weighted by molar-refractivity contribution is -0.112. The van der Waals surface area contributed by atoms with E-state index in [0.717, 1.165) is 41.7 Å². The Kier molecular flexibility index (Phi) is 6.63.